The highest BCUT2D eigenvalue weighted by molar-refractivity contribution is 5.80. The van der Waals surface area contributed by atoms with E-state index in [2.05, 4.69) is 71.6 Å². The average molecular weight is 404 g/mol. The Morgan fingerprint density at radius 2 is 1.83 bits per heavy atom. The molecule has 0 saturated heterocycles. The number of aryl methyl sites for hydroxylation is 3. The van der Waals surface area contributed by atoms with E-state index < -0.39 is 0 Å². The van der Waals surface area contributed by atoms with Crippen LogP contribution in [0.25, 0.3) is 0 Å². The summed E-state index contributed by atoms with van der Waals surface area (Å²) in [6.45, 7) is 6.84. The number of hydrogen-bond acceptors (Lipinski definition) is 6. The van der Waals surface area contributed by atoms with Crippen molar-refractivity contribution in [3.63, 3.8) is 0 Å². The second-order valence-electron chi connectivity index (χ2n) is 7.58. The van der Waals surface area contributed by atoms with Crippen LogP contribution in [0, 0.1) is 20.8 Å². The van der Waals surface area contributed by atoms with Gasteiger partial charge in [-0.05, 0) is 43.0 Å². The lowest BCUT2D eigenvalue weighted by atomic mass is 10.0. The zero-order valence-corrected chi connectivity index (χ0v) is 18.3. The van der Waals surface area contributed by atoms with Crippen LogP contribution in [0.2, 0.25) is 0 Å². The van der Waals surface area contributed by atoms with E-state index in [0.717, 1.165) is 17.8 Å². The van der Waals surface area contributed by atoms with Crippen molar-refractivity contribution < 1.29 is 4.74 Å². The summed E-state index contributed by atoms with van der Waals surface area (Å²) in [5.41, 5.74) is 8.95. The number of aromatic nitrogens is 2. The third-order valence-electron chi connectivity index (χ3n) is 4.78. The number of rotatable bonds is 8. The fraction of sp³-hybridized carbons (Fsp3) is 0.292. The van der Waals surface area contributed by atoms with E-state index >= 15 is 0 Å². The van der Waals surface area contributed by atoms with Crippen molar-refractivity contribution in [3.05, 3.63) is 76.3 Å². The minimum absolute atomic E-state index is 0.395. The second kappa shape index (κ2) is 9.87. The lowest BCUT2D eigenvalue weighted by molar-refractivity contribution is 0.309. The van der Waals surface area contributed by atoms with Crippen LogP contribution < -0.4 is 15.1 Å². The molecule has 0 aliphatic carbocycles. The quantitative estimate of drug-likeness (QED) is 0.442. The number of hydrogen-bond donors (Lipinski definition) is 1. The van der Waals surface area contributed by atoms with Crippen LogP contribution >= 0.6 is 0 Å². The number of nitrogens with one attached hydrogen (secondary N) is 1. The number of anilines is 2. The summed E-state index contributed by atoms with van der Waals surface area (Å²) in [5, 5.41) is 4.27. The molecule has 0 fully saturated rings. The number of benzene rings is 2. The summed E-state index contributed by atoms with van der Waals surface area (Å²) >= 11 is 0. The highest BCUT2D eigenvalue weighted by atomic mass is 16.5. The normalized spacial score (nSPS) is 11.0. The van der Waals surface area contributed by atoms with E-state index in [4.69, 9.17) is 4.74 Å². The Balaban J connectivity index is 1.66. The van der Waals surface area contributed by atoms with Crippen LogP contribution in [0.3, 0.4) is 0 Å². The van der Waals surface area contributed by atoms with E-state index in [-0.39, 0.29) is 0 Å². The highest BCUT2D eigenvalue weighted by Crippen LogP contribution is 2.19. The molecule has 1 aromatic heterocycles. The molecule has 0 aliphatic rings. The van der Waals surface area contributed by atoms with Gasteiger partial charge in [-0.1, -0.05) is 48.0 Å². The van der Waals surface area contributed by atoms with E-state index in [9.17, 15) is 0 Å². The van der Waals surface area contributed by atoms with E-state index in [0.29, 0.717) is 18.4 Å². The van der Waals surface area contributed by atoms with Gasteiger partial charge in [0.05, 0.1) is 12.8 Å². The van der Waals surface area contributed by atoms with Crippen LogP contribution in [-0.4, -0.2) is 36.9 Å². The van der Waals surface area contributed by atoms with Gasteiger partial charge in [-0.25, -0.2) is 5.43 Å². The lowest BCUT2D eigenvalue weighted by Gasteiger charge is -2.14. The Kier molecular flexibility index (Phi) is 7.01. The van der Waals surface area contributed by atoms with Gasteiger partial charge in [-0.2, -0.15) is 15.1 Å². The predicted octanol–water partition coefficient (Wildman–Crippen LogP) is 4.54. The van der Waals surface area contributed by atoms with Crippen LogP contribution in [0.4, 0.5) is 11.8 Å². The Labute approximate surface area is 178 Å². The van der Waals surface area contributed by atoms with Gasteiger partial charge in [0.2, 0.25) is 11.8 Å². The molecule has 0 atom stereocenters. The Bertz CT molecular complexity index is 1030. The minimum atomic E-state index is 0.395. The number of hydrazone groups is 1. The molecule has 0 saturated carbocycles. The Morgan fingerprint density at radius 1 is 1.00 bits per heavy atom. The van der Waals surface area contributed by atoms with E-state index in [1.165, 1.54) is 22.3 Å². The zero-order chi connectivity index (χ0) is 21.5. The molecule has 0 amide bonds. The molecule has 2 aromatic carbocycles. The van der Waals surface area contributed by atoms with Crippen molar-refractivity contribution >= 4 is 18.0 Å². The summed E-state index contributed by atoms with van der Waals surface area (Å²) in [7, 11) is 3.86. The molecule has 30 heavy (non-hydrogen) atoms. The standard InChI is InChI=1S/C24H29N5O/c1-17-7-6-8-21(13-17)16-25-28-24-26-22(29(4)5)15-23(27-24)30-12-11-20-10-9-18(2)19(3)14-20/h6-10,13-16H,11-12H2,1-5H3,(H,26,27,28)/b25-16+. The van der Waals surface area contributed by atoms with E-state index in [1.807, 2.05) is 37.2 Å². The SMILES string of the molecule is Cc1cccc(/C=N/Nc2nc(OCCc3ccc(C)c(C)c3)cc(N(C)C)n2)c1. The van der Waals surface area contributed by atoms with Crippen molar-refractivity contribution in [2.75, 3.05) is 31.0 Å². The number of ether oxygens (including phenoxy) is 1. The summed E-state index contributed by atoms with van der Waals surface area (Å²) in [6.07, 6.45) is 2.57. The maximum absolute atomic E-state index is 5.92. The maximum Gasteiger partial charge on any atom is 0.248 e. The van der Waals surface area contributed by atoms with Crippen molar-refractivity contribution in [2.45, 2.75) is 27.2 Å². The lowest BCUT2D eigenvalue weighted by Crippen LogP contribution is -2.13. The van der Waals surface area contributed by atoms with Gasteiger partial charge < -0.3 is 9.64 Å². The average Bonchev–Trinajstić information content (AvgIpc) is 2.70. The molecule has 0 radical (unpaired) electrons. The first-order valence-electron chi connectivity index (χ1n) is 10.0. The molecule has 1 heterocycles. The summed E-state index contributed by atoms with van der Waals surface area (Å²) in [5.74, 6) is 1.66. The smallest absolute Gasteiger partial charge is 0.248 e. The van der Waals surface area contributed by atoms with Gasteiger partial charge in [-0.15, -0.1) is 0 Å². The zero-order valence-electron chi connectivity index (χ0n) is 18.3. The molecule has 0 bridgehead atoms. The third kappa shape index (κ3) is 6.04. The summed E-state index contributed by atoms with van der Waals surface area (Å²) in [6, 6.07) is 16.4. The largest absolute Gasteiger partial charge is 0.477 e. The second-order valence-corrected chi connectivity index (χ2v) is 7.58. The molecule has 156 valence electrons. The van der Waals surface area contributed by atoms with Gasteiger partial charge >= 0.3 is 0 Å². The molecule has 0 spiro atoms. The molecular formula is C24H29N5O. The fourth-order valence-corrected chi connectivity index (χ4v) is 2.91. The molecule has 3 rings (SSSR count). The van der Waals surface area contributed by atoms with Crippen molar-refractivity contribution in [2.24, 2.45) is 5.10 Å². The summed E-state index contributed by atoms with van der Waals surface area (Å²) in [4.78, 5) is 10.8. The monoisotopic (exact) mass is 403 g/mol. The molecule has 0 unspecified atom stereocenters. The van der Waals surface area contributed by atoms with E-state index in [1.54, 1.807) is 6.21 Å². The van der Waals surface area contributed by atoms with Crippen molar-refractivity contribution in [1.29, 1.82) is 0 Å². The third-order valence-corrected chi connectivity index (χ3v) is 4.78. The van der Waals surface area contributed by atoms with Crippen LogP contribution in [-0.2, 0) is 6.42 Å². The van der Waals surface area contributed by atoms with Gasteiger partial charge in [0.15, 0.2) is 0 Å². The number of nitrogens with zero attached hydrogens (tertiary/aromatic N) is 4. The first-order valence-corrected chi connectivity index (χ1v) is 10.0. The molecule has 3 aromatic rings. The maximum atomic E-state index is 5.92. The molecule has 0 aliphatic heterocycles. The first kappa shape index (κ1) is 21.3. The first-order chi connectivity index (χ1) is 14.4. The van der Waals surface area contributed by atoms with Gasteiger partial charge in [0.25, 0.3) is 0 Å². The molecule has 6 heteroatoms. The van der Waals surface area contributed by atoms with Crippen LogP contribution in [0.5, 0.6) is 5.88 Å². The minimum Gasteiger partial charge on any atom is -0.477 e. The van der Waals surface area contributed by atoms with Gasteiger partial charge in [0.1, 0.15) is 5.82 Å². The molecular weight excluding hydrogens is 374 g/mol. The van der Waals surface area contributed by atoms with Gasteiger partial charge in [-0.3, -0.25) is 0 Å². The molecule has 6 nitrogen and oxygen atoms in total. The van der Waals surface area contributed by atoms with Crippen molar-refractivity contribution in [3.8, 4) is 5.88 Å². The fourth-order valence-electron chi connectivity index (χ4n) is 2.91. The van der Waals surface area contributed by atoms with Crippen LogP contribution in [0.15, 0.2) is 53.6 Å². The van der Waals surface area contributed by atoms with Crippen molar-refractivity contribution in [1.82, 2.24) is 9.97 Å². The molecule has 1 N–H and O–H groups in total. The Hall–Kier alpha value is -3.41. The van der Waals surface area contributed by atoms with Gasteiger partial charge in [0, 0.05) is 26.6 Å². The Morgan fingerprint density at radius 3 is 2.57 bits per heavy atom. The topological polar surface area (TPSA) is 62.6 Å². The van der Waals surface area contributed by atoms with Crippen LogP contribution in [0.1, 0.15) is 27.8 Å². The predicted molar refractivity (Wildman–Crippen MR) is 124 cm³/mol. The highest BCUT2D eigenvalue weighted by Gasteiger charge is 2.07. The summed E-state index contributed by atoms with van der Waals surface area (Å²) < 4.78 is 5.92.